The number of halogens is 1. The zero-order valence-electron chi connectivity index (χ0n) is 19.1. The van der Waals surface area contributed by atoms with Crippen LogP contribution in [0.25, 0.3) is 0 Å². The summed E-state index contributed by atoms with van der Waals surface area (Å²) >= 11 is 0. The summed E-state index contributed by atoms with van der Waals surface area (Å²) in [4.78, 5) is 19.1. The molecule has 29 heavy (non-hydrogen) atoms. The van der Waals surface area contributed by atoms with Gasteiger partial charge in [-0.3, -0.25) is 9.89 Å². The number of nitrogens with zero attached hydrogens (tertiary/aromatic N) is 2. The Morgan fingerprint density at radius 3 is 2.34 bits per heavy atom. The van der Waals surface area contributed by atoms with E-state index in [0.717, 1.165) is 64.7 Å². The van der Waals surface area contributed by atoms with Crippen molar-refractivity contribution in [2.45, 2.75) is 65.5 Å². The van der Waals surface area contributed by atoms with Crippen LogP contribution in [0.1, 0.15) is 54.4 Å². The molecule has 1 aliphatic rings. The Balaban J connectivity index is 0.00000784. The molecule has 0 aromatic rings. The highest BCUT2D eigenvalue weighted by Gasteiger charge is 2.24. The number of carbonyl (C=O) groups is 1. The molecule has 3 N–H and O–H groups in total. The van der Waals surface area contributed by atoms with E-state index < -0.39 is 17.2 Å². The Hall–Kier alpha value is -0.810. The van der Waals surface area contributed by atoms with Crippen molar-refractivity contribution < 1.29 is 14.3 Å². The molecule has 1 amide bonds. The van der Waals surface area contributed by atoms with Crippen LogP contribution >= 0.6 is 24.0 Å². The number of alkyl carbamates (subject to hydrolysis) is 1. The fourth-order valence-electron chi connectivity index (χ4n) is 2.73. The van der Waals surface area contributed by atoms with E-state index in [-0.39, 0.29) is 24.0 Å². The average molecular weight is 527 g/mol. The van der Waals surface area contributed by atoms with E-state index in [1.54, 1.807) is 0 Å². The largest absolute Gasteiger partial charge is 0.444 e. The smallest absolute Gasteiger partial charge is 0.408 e. The van der Waals surface area contributed by atoms with E-state index in [1.807, 2.05) is 41.5 Å². The van der Waals surface area contributed by atoms with Crippen molar-refractivity contribution >= 4 is 36.0 Å². The van der Waals surface area contributed by atoms with Crippen LogP contribution in [-0.4, -0.2) is 80.6 Å². The van der Waals surface area contributed by atoms with Gasteiger partial charge in [0.1, 0.15) is 5.60 Å². The van der Waals surface area contributed by atoms with E-state index in [9.17, 15) is 4.79 Å². The van der Waals surface area contributed by atoms with Crippen LogP contribution in [0.5, 0.6) is 0 Å². The highest BCUT2D eigenvalue weighted by Crippen LogP contribution is 2.09. The number of hydrogen-bond acceptors (Lipinski definition) is 5. The molecule has 0 aromatic carbocycles. The van der Waals surface area contributed by atoms with Crippen molar-refractivity contribution in [3.8, 4) is 0 Å². The number of aliphatic imine (C=N–C) groups is 1. The normalized spacial score (nSPS) is 16.0. The van der Waals surface area contributed by atoms with Crippen LogP contribution in [0.2, 0.25) is 0 Å². The molecule has 8 nitrogen and oxygen atoms in total. The van der Waals surface area contributed by atoms with Crippen LogP contribution in [0.15, 0.2) is 4.99 Å². The molecule has 0 aliphatic carbocycles. The maximum atomic E-state index is 12.0. The fourth-order valence-corrected chi connectivity index (χ4v) is 2.73. The van der Waals surface area contributed by atoms with Gasteiger partial charge >= 0.3 is 6.09 Å². The Labute approximate surface area is 194 Å². The summed E-state index contributed by atoms with van der Waals surface area (Å²) in [5, 5.41) is 9.51. The van der Waals surface area contributed by atoms with Gasteiger partial charge in [0.05, 0.1) is 25.3 Å². The van der Waals surface area contributed by atoms with Gasteiger partial charge in [-0.05, 0) is 60.9 Å². The van der Waals surface area contributed by atoms with Gasteiger partial charge in [-0.1, -0.05) is 0 Å². The van der Waals surface area contributed by atoms with Crippen molar-refractivity contribution in [2.24, 2.45) is 4.99 Å². The molecule has 1 rings (SSSR count). The molecule has 1 heterocycles. The lowest BCUT2D eigenvalue weighted by molar-refractivity contribution is 0.0372. The minimum absolute atomic E-state index is 0. The van der Waals surface area contributed by atoms with Gasteiger partial charge in [0.25, 0.3) is 0 Å². The first-order valence-electron chi connectivity index (χ1n) is 10.4. The highest BCUT2D eigenvalue weighted by atomic mass is 127. The molecule has 0 atom stereocenters. The van der Waals surface area contributed by atoms with E-state index in [0.29, 0.717) is 6.54 Å². The van der Waals surface area contributed by atoms with Crippen molar-refractivity contribution in [1.82, 2.24) is 20.9 Å². The summed E-state index contributed by atoms with van der Waals surface area (Å²) in [7, 11) is 0. The summed E-state index contributed by atoms with van der Waals surface area (Å²) in [6.07, 6.45) is 1.81. The Kier molecular flexibility index (Phi) is 13.8. The molecule has 0 bridgehead atoms. The predicted octanol–water partition coefficient (Wildman–Crippen LogP) is 2.58. The second-order valence-corrected chi connectivity index (χ2v) is 8.79. The molecule has 9 heteroatoms. The van der Waals surface area contributed by atoms with Gasteiger partial charge in [-0.25, -0.2) is 4.79 Å². The molecule has 172 valence electrons. The number of rotatable bonds is 9. The molecular weight excluding hydrogens is 485 g/mol. The van der Waals surface area contributed by atoms with E-state index in [2.05, 4.69) is 25.8 Å². The van der Waals surface area contributed by atoms with Gasteiger partial charge in [0.2, 0.25) is 0 Å². The number of carbonyl (C=O) groups excluding carboxylic acids is 1. The van der Waals surface area contributed by atoms with Crippen LogP contribution < -0.4 is 16.0 Å². The third kappa shape index (κ3) is 14.8. The lowest BCUT2D eigenvalue weighted by atomic mass is 10.1. The lowest BCUT2D eigenvalue weighted by Crippen LogP contribution is -2.49. The number of nitrogens with one attached hydrogen (secondary N) is 3. The first-order valence-corrected chi connectivity index (χ1v) is 10.4. The van der Waals surface area contributed by atoms with Gasteiger partial charge in [0, 0.05) is 26.2 Å². The van der Waals surface area contributed by atoms with Gasteiger partial charge < -0.3 is 25.4 Å². The first kappa shape index (κ1) is 28.2. The minimum Gasteiger partial charge on any atom is -0.444 e. The molecule has 0 saturated carbocycles. The quantitative estimate of drug-likeness (QED) is 0.185. The average Bonchev–Trinajstić information content (AvgIpc) is 2.58. The number of guanidine groups is 1. The number of morpholine rings is 1. The van der Waals surface area contributed by atoms with Crippen molar-refractivity contribution in [2.75, 3.05) is 52.5 Å². The standard InChI is InChI=1S/C20H41N5O3.HI/c1-7-21-17(22-10-8-9-11-25-12-14-27-15-13-25)23-16-20(5,6)24-18(26)28-19(2,3)4;/h7-16H2,1-6H3,(H,24,26)(H2,21,22,23);1H. The zero-order valence-corrected chi connectivity index (χ0v) is 21.4. The second-order valence-electron chi connectivity index (χ2n) is 8.79. The Morgan fingerprint density at radius 1 is 1.10 bits per heavy atom. The monoisotopic (exact) mass is 527 g/mol. The van der Waals surface area contributed by atoms with E-state index in [1.165, 1.54) is 0 Å². The lowest BCUT2D eigenvalue weighted by Gasteiger charge is -2.27. The fraction of sp³-hybridized carbons (Fsp3) is 0.900. The van der Waals surface area contributed by atoms with Crippen molar-refractivity contribution in [3.63, 3.8) is 0 Å². The minimum atomic E-state index is -0.513. The van der Waals surface area contributed by atoms with Crippen molar-refractivity contribution in [3.05, 3.63) is 0 Å². The molecule has 1 fully saturated rings. The molecule has 0 aromatic heterocycles. The molecule has 0 unspecified atom stereocenters. The topological polar surface area (TPSA) is 87.2 Å². The number of hydrogen-bond donors (Lipinski definition) is 3. The molecular formula is C20H42IN5O3. The first-order chi connectivity index (χ1) is 13.1. The van der Waals surface area contributed by atoms with E-state index in [4.69, 9.17) is 9.47 Å². The summed E-state index contributed by atoms with van der Waals surface area (Å²) in [5.74, 6) is 0.771. The zero-order chi connectivity index (χ0) is 21.0. The maximum Gasteiger partial charge on any atom is 0.408 e. The molecule has 0 radical (unpaired) electrons. The highest BCUT2D eigenvalue weighted by molar-refractivity contribution is 14.0. The van der Waals surface area contributed by atoms with E-state index >= 15 is 0 Å². The molecule has 0 spiro atoms. The van der Waals surface area contributed by atoms with Crippen LogP contribution in [0.3, 0.4) is 0 Å². The predicted molar refractivity (Wildman–Crippen MR) is 129 cm³/mol. The Bertz CT molecular complexity index is 489. The third-order valence-electron chi connectivity index (χ3n) is 4.11. The summed E-state index contributed by atoms with van der Waals surface area (Å²) in [6, 6.07) is 0. The number of ether oxygens (including phenoxy) is 2. The number of unbranched alkanes of at least 4 members (excludes halogenated alkanes) is 1. The van der Waals surface area contributed by atoms with Crippen molar-refractivity contribution in [1.29, 1.82) is 0 Å². The SMILES string of the molecule is CCNC(=NCC(C)(C)NC(=O)OC(C)(C)C)NCCCCN1CCOCC1.I. The third-order valence-corrected chi connectivity index (χ3v) is 4.11. The van der Waals surface area contributed by atoms with Crippen LogP contribution in [0.4, 0.5) is 4.79 Å². The maximum absolute atomic E-state index is 12.0. The molecule has 1 saturated heterocycles. The van der Waals surface area contributed by atoms with Gasteiger partial charge in [0.15, 0.2) is 5.96 Å². The second kappa shape index (κ2) is 14.2. The summed E-state index contributed by atoms with van der Waals surface area (Å²) in [6.45, 7) is 18.5. The Morgan fingerprint density at radius 2 is 1.76 bits per heavy atom. The van der Waals surface area contributed by atoms with Crippen LogP contribution in [-0.2, 0) is 9.47 Å². The summed E-state index contributed by atoms with van der Waals surface area (Å²) in [5.41, 5.74) is -1.01. The van der Waals surface area contributed by atoms with Gasteiger partial charge in [-0.2, -0.15) is 0 Å². The van der Waals surface area contributed by atoms with Crippen LogP contribution in [0, 0.1) is 0 Å². The van der Waals surface area contributed by atoms with Gasteiger partial charge in [-0.15, -0.1) is 24.0 Å². The molecule has 1 aliphatic heterocycles. The number of amides is 1. The summed E-state index contributed by atoms with van der Waals surface area (Å²) < 4.78 is 10.7.